The van der Waals surface area contributed by atoms with Crippen LogP contribution in [0, 0.1) is 0 Å². The van der Waals surface area contributed by atoms with Gasteiger partial charge in [-0.1, -0.05) is 0 Å². The molecule has 1 aliphatic heterocycles. The Bertz CT molecular complexity index is 1160. The second-order valence-electron chi connectivity index (χ2n) is 6.98. The van der Waals surface area contributed by atoms with Gasteiger partial charge in [0, 0.05) is 17.3 Å². The van der Waals surface area contributed by atoms with E-state index in [0.29, 0.717) is 35.0 Å². The lowest BCUT2D eigenvalue weighted by molar-refractivity contribution is 0.0716. The summed E-state index contributed by atoms with van der Waals surface area (Å²) >= 11 is 0. The number of carbonyl (C=O) groups is 1. The monoisotopic (exact) mass is 469 g/mol. The van der Waals surface area contributed by atoms with Crippen LogP contribution in [0.1, 0.15) is 10.4 Å². The van der Waals surface area contributed by atoms with Crippen molar-refractivity contribution < 1.29 is 31.1 Å². The molecule has 10 nitrogen and oxygen atoms in total. The van der Waals surface area contributed by atoms with Crippen molar-refractivity contribution in [3.63, 3.8) is 0 Å². The highest BCUT2D eigenvalue weighted by atomic mass is 32.2. The number of rotatable bonds is 5. The third-order valence-corrected chi connectivity index (χ3v) is 5.42. The average molecular weight is 470 g/mol. The first-order chi connectivity index (χ1) is 14.5. The molecule has 0 unspecified atom stereocenters. The maximum atomic E-state index is 12.9. The summed E-state index contributed by atoms with van der Waals surface area (Å²) in [6, 6.07) is 10.8. The van der Waals surface area contributed by atoms with E-state index in [-0.39, 0.29) is 25.7 Å². The molecule has 12 heteroatoms. The number of carbonyl (C=O) groups excluding carboxylic acids is 1. The van der Waals surface area contributed by atoms with E-state index in [1.54, 1.807) is 29.2 Å². The topological polar surface area (TPSA) is 131 Å². The first-order valence-corrected chi connectivity index (χ1v) is 13.0. The average Bonchev–Trinajstić information content (AvgIpc) is 2.75. The Labute approximate surface area is 181 Å². The number of nitrogens with zero attached hydrogens (tertiary/aromatic N) is 1. The first-order valence-electron chi connectivity index (χ1n) is 9.25. The molecule has 1 heterocycles. The van der Waals surface area contributed by atoms with E-state index in [1.165, 1.54) is 18.2 Å². The van der Waals surface area contributed by atoms with Crippen molar-refractivity contribution in [1.29, 1.82) is 0 Å². The highest BCUT2D eigenvalue weighted by molar-refractivity contribution is 7.92. The first kappa shape index (κ1) is 22.7. The Kier molecular flexibility index (Phi) is 6.60. The molecule has 0 fully saturated rings. The van der Waals surface area contributed by atoms with Crippen molar-refractivity contribution in [1.82, 2.24) is 4.90 Å². The summed E-state index contributed by atoms with van der Waals surface area (Å²) in [5.41, 5.74) is 1.11. The van der Waals surface area contributed by atoms with Crippen LogP contribution in [0.3, 0.4) is 0 Å². The predicted octanol–water partition coefficient (Wildman–Crippen LogP) is 1.34. The smallest absolute Gasteiger partial charge is 0.254 e. The minimum atomic E-state index is -3.43. The number of sulfonamides is 2. The predicted molar refractivity (Wildman–Crippen MR) is 117 cm³/mol. The summed E-state index contributed by atoms with van der Waals surface area (Å²) in [7, 11) is -6.83. The molecule has 168 valence electrons. The lowest BCUT2D eigenvalue weighted by Gasteiger charge is -2.21. The minimum absolute atomic E-state index is 0.179. The van der Waals surface area contributed by atoms with Gasteiger partial charge in [-0.25, -0.2) is 16.8 Å². The molecule has 3 rings (SSSR count). The molecule has 0 saturated heterocycles. The molecule has 2 aromatic carbocycles. The molecule has 0 saturated carbocycles. The van der Waals surface area contributed by atoms with E-state index in [2.05, 4.69) is 9.44 Å². The number of amides is 1. The van der Waals surface area contributed by atoms with Gasteiger partial charge in [0.15, 0.2) is 11.5 Å². The van der Waals surface area contributed by atoms with Crippen molar-refractivity contribution in [3.8, 4) is 11.5 Å². The molecule has 0 radical (unpaired) electrons. The molecule has 0 atom stereocenters. The van der Waals surface area contributed by atoms with Gasteiger partial charge in [0.05, 0.1) is 31.3 Å². The number of hydrogen-bond acceptors (Lipinski definition) is 7. The Morgan fingerprint density at radius 1 is 0.806 bits per heavy atom. The highest BCUT2D eigenvalue weighted by Gasteiger charge is 2.19. The van der Waals surface area contributed by atoms with Gasteiger partial charge in [0.25, 0.3) is 5.91 Å². The third kappa shape index (κ3) is 6.76. The van der Waals surface area contributed by atoms with Crippen molar-refractivity contribution in [3.05, 3.63) is 48.0 Å². The van der Waals surface area contributed by atoms with Gasteiger partial charge in [0.1, 0.15) is 13.2 Å². The van der Waals surface area contributed by atoms with Crippen LogP contribution in [-0.2, 0) is 20.0 Å². The fraction of sp³-hybridized carbons (Fsp3) is 0.316. The highest BCUT2D eigenvalue weighted by Crippen LogP contribution is 2.31. The van der Waals surface area contributed by atoms with Gasteiger partial charge < -0.3 is 14.4 Å². The maximum Gasteiger partial charge on any atom is 0.254 e. The lowest BCUT2D eigenvalue weighted by Crippen LogP contribution is -2.37. The van der Waals surface area contributed by atoms with E-state index in [9.17, 15) is 21.6 Å². The SMILES string of the molecule is CS(=O)(=O)Nc1ccc(C(=O)N2CCOc3ccc(NS(C)(=O)=O)cc3OCC2)cc1. The van der Waals surface area contributed by atoms with Gasteiger partial charge >= 0.3 is 0 Å². The van der Waals surface area contributed by atoms with Crippen LogP contribution in [0.5, 0.6) is 11.5 Å². The van der Waals surface area contributed by atoms with Gasteiger partial charge in [0.2, 0.25) is 20.0 Å². The van der Waals surface area contributed by atoms with E-state index < -0.39 is 20.0 Å². The lowest BCUT2D eigenvalue weighted by atomic mass is 10.2. The van der Waals surface area contributed by atoms with Crippen LogP contribution >= 0.6 is 0 Å². The Balaban J connectivity index is 1.68. The van der Waals surface area contributed by atoms with Gasteiger partial charge in [-0.05, 0) is 36.4 Å². The Morgan fingerprint density at radius 2 is 1.32 bits per heavy atom. The maximum absolute atomic E-state index is 12.9. The molecular weight excluding hydrogens is 446 g/mol. The van der Waals surface area contributed by atoms with E-state index >= 15 is 0 Å². The summed E-state index contributed by atoms with van der Waals surface area (Å²) in [4.78, 5) is 14.4. The molecule has 0 aliphatic carbocycles. The van der Waals surface area contributed by atoms with Crippen LogP contribution in [-0.4, -0.2) is 66.5 Å². The van der Waals surface area contributed by atoms with Gasteiger partial charge in [-0.2, -0.15) is 0 Å². The van der Waals surface area contributed by atoms with Gasteiger partial charge in [-0.3, -0.25) is 14.2 Å². The summed E-state index contributed by atoms with van der Waals surface area (Å²) in [6.07, 6.45) is 2.10. The van der Waals surface area contributed by atoms with Crippen LogP contribution < -0.4 is 18.9 Å². The number of hydrogen-bond donors (Lipinski definition) is 2. The van der Waals surface area contributed by atoms with E-state index in [0.717, 1.165) is 12.5 Å². The quantitative estimate of drug-likeness (QED) is 0.676. The number of nitrogens with one attached hydrogen (secondary N) is 2. The number of anilines is 2. The summed E-state index contributed by atoms with van der Waals surface area (Å²) < 4.78 is 61.6. The van der Waals surface area contributed by atoms with Crippen LogP contribution in [0.25, 0.3) is 0 Å². The molecule has 0 bridgehead atoms. The fourth-order valence-electron chi connectivity index (χ4n) is 2.94. The molecular formula is C19H23N3O7S2. The standard InChI is InChI=1S/C19H23N3O7S2/c1-30(24,25)20-15-5-3-14(4-6-15)19(23)22-9-11-28-17-8-7-16(21-31(2,26)27)13-18(17)29-12-10-22/h3-8,13,20-21H,9-12H2,1-2H3. The molecule has 0 spiro atoms. The third-order valence-electron chi connectivity index (χ3n) is 4.21. The zero-order chi connectivity index (χ0) is 22.6. The summed E-state index contributed by atoms with van der Waals surface area (Å²) in [5.74, 6) is 0.576. The molecule has 31 heavy (non-hydrogen) atoms. The van der Waals surface area contributed by atoms with E-state index in [4.69, 9.17) is 9.47 Å². The largest absolute Gasteiger partial charge is 0.488 e. The van der Waals surface area contributed by atoms with Crippen LogP contribution in [0.4, 0.5) is 11.4 Å². The number of benzene rings is 2. The van der Waals surface area contributed by atoms with Crippen molar-refractivity contribution in [2.45, 2.75) is 0 Å². The zero-order valence-corrected chi connectivity index (χ0v) is 18.6. The number of fused-ring (bicyclic) bond motifs is 1. The van der Waals surface area contributed by atoms with Gasteiger partial charge in [-0.15, -0.1) is 0 Å². The fourth-order valence-corrected chi connectivity index (χ4v) is 4.06. The van der Waals surface area contributed by atoms with Crippen molar-refractivity contribution in [2.75, 3.05) is 48.3 Å². The Morgan fingerprint density at radius 3 is 1.90 bits per heavy atom. The normalized spacial score (nSPS) is 14.7. The molecule has 1 aliphatic rings. The van der Waals surface area contributed by atoms with Crippen molar-refractivity contribution in [2.24, 2.45) is 0 Å². The van der Waals surface area contributed by atoms with E-state index in [1.807, 2.05) is 0 Å². The summed E-state index contributed by atoms with van der Waals surface area (Å²) in [6.45, 7) is 0.996. The summed E-state index contributed by atoms with van der Waals surface area (Å²) in [5, 5.41) is 0. The number of ether oxygens (including phenoxy) is 2. The molecule has 2 N–H and O–H groups in total. The van der Waals surface area contributed by atoms with Crippen molar-refractivity contribution >= 4 is 37.3 Å². The molecule has 0 aromatic heterocycles. The minimum Gasteiger partial charge on any atom is -0.488 e. The van der Waals surface area contributed by atoms with Crippen LogP contribution in [0.15, 0.2) is 42.5 Å². The Hall–Kier alpha value is -2.99. The molecule has 1 amide bonds. The second-order valence-corrected chi connectivity index (χ2v) is 10.5. The molecule has 2 aromatic rings. The second kappa shape index (κ2) is 9.02. The van der Waals surface area contributed by atoms with Crippen LogP contribution in [0.2, 0.25) is 0 Å². The zero-order valence-electron chi connectivity index (χ0n) is 17.0.